The molecule has 2 rings (SSSR count). The maximum atomic E-state index is 11.9. The third kappa shape index (κ3) is 3.61. The van der Waals surface area contributed by atoms with Crippen molar-refractivity contribution in [3.8, 4) is 23.0 Å². The SMILES string of the molecule is CC(=O)N(C)c1cc2c(cc1C#C[Si](C(C)C)(C(C)C)C(C)C)OCO2. The molecule has 0 unspecified atom stereocenters. The summed E-state index contributed by atoms with van der Waals surface area (Å²) in [6, 6.07) is 3.77. The average Bonchev–Trinajstić information content (AvgIpc) is 2.99. The maximum Gasteiger partial charge on any atom is 0.231 e. The zero-order valence-electron chi connectivity index (χ0n) is 17.3. The van der Waals surface area contributed by atoms with Crippen molar-refractivity contribution in [2.24, 2.45) is 0 Å². The molecule has 1 aliphatic heterocycles. The molecule has 5 heteroatoms. The highest BCUT2D eigenvalue weighted by Gasteiger charge is 2.41. The molecule has 26 heavy (non-hydrogen) atoms. The van der Waals surface area contributed by atoms with E-state index in [-0.39, 0.29) is 12.7 Å². The quantitative estimate of drug-likeness (QED) is 0.553. The highest BCUT2D eigenvalue weighted by Crippen LogP contribution is 2.42. The standard InChI is InChI=1S/C21H31NO3Si/c1-14(2)26(15(3)4,16(5)6)10-9-18-11-20-21(25-13-24-20)12-19(18)22(8)17(7)23/h11-12,14-16H,13H2,1-8H3. The lowest BCUT2D eigenvalue weighted by Crippen LogP contribution is -2.43. The highest BCUT2D eigenvalue weighted by atomic mass is 28.3. The molecular formula is C21H31NO3Si. The molecule has 0 saturated carbocycles. The van der Waals surface area contributed by atoms with Gasteiger partial charge in [0.25, 0.3) is 0 Å². The van der Waals surface area contributed by atoms with Crippen molar-refractivity contribution in [1.82, 2.24) is 0 Å². The van der Waals surface area contributed by atoms with Crippen LogP contribution in [0.2, 0.25) is 16.6 Å². The Kier molecular flexibility index (Phi) is 6.08. The fourth-order valence-electron chi connectivity index (χ4n) is 4.09. The monoisotopic (exact) mass is 373 g/mol. The minimum absolute atomic E-state index is 0.0352. The van der Waals surface area contributed by atoms with Crippen LogP contribution in [0.3, 0.4) is 0 Å². The third-order valence-electron chi connectivity index (χ3n) is 5.60. The molecule has 1 aromatic carbocycles. The molecular weight excluding hydrogens is 342 g/mol. The molecule has 0 radical (unpaired) electrons. The van der Waals surface area contributed by atoms with E-state index in [4.69, 9.17) is 9.47 Å². The Morgan fingerprint density at radius 2 is 1.54 bits per heavy atom. The topological polar surface area (TPSA) is 38.8 Å². The normalized spacial score (nSPS) is 13.2. The zero-order valence-corrected chi connectivity index (χ0v) is 18.3. The lowest BCUT2D eigenvalue weighted by atomic mass is 10.1. The molecule has 0 saturated heterocycles. The van der Waals surface area contributed by atoms with Crippen molar-refractivity contribution in [1.29, 1.82) is 0 Å². The Morgan fingerprint density at radius 3 is 2.00 bits per heavy atom. The molecule has 0 aromatic heterocycles. The fraction of sp³-hybridized carbons (Fsp3) is 0.571. The summed E-state index contributed by atoms with van der Waals surface area (Å²) < 4.78 is 11.0. The molecule has 0 fully saturated rings. The van der Waals surface area contributed by atoms with Crippen molar-refractivity contribution >= 4 is 19.7 Å². The second-order valence-electron chi connectivity index (χ2n) is 7.95. The lowest BCUT2D eigenvalue weighted by molar-refractivity contribution is -0.116. The Morgan fingerprint density at radius 1 is 1.04 bits per heavy atom. The second kappa shape index (κ2) is 7.75. The van der Waals surface area contributed by atoms with Gasteiger partial charge in [-0.05, 0) is 16.6 Å². The first-order valence-electron chi connectivity index (χ1n) is 9.32. The van der Waals surface area contributed by atoms with Crippen LogP contribution in [0.1, 0.15) is 54.0 Å². The van der Waals surface area contributed by atoms with Crippen LogP contribution in [0.5, 0.6) is 11.5 Å². The van der Waals surface area contributed by atoms with Gasteiger partial charge in [-0.3, -0.25) is 4.79 Å². The minimum Gasteiger partial charge on any atom is -0.454 e. The van der Waals surface area contributed by atoms with Crippen LogP contribution >= 0.6 is 0 Å². The lowest BCUT2D eigenvalue weighted by Gasteiger charge is -2.38. The van der Waals surface area contributed by atoms with Gasteiger partial charge in [-0.15, -0.1) is 5.54 Å². The van der Waals surface area contributed by atoms with Gasteiger partial charge >= 0.3 is 0 Å². The molecule has 1 aliphatic rings. The van der Waals surface area contributed by atoms with E-state index in [1.807, 2.05) is 12.1 Å². The molecule has 1 amide bonds. The summed E-state index contributed by atoms with van der Waals surface area (Å²) in [4.78, 5) is 13.6. The number of carbonyl (C=O) groups is 1. The molecule has 0 aliphatic carbocycles. The summed E-state index contributed by atoms with van der Waals surface area (Å²) >= 11 is 0. The van der Waals surface area contributed by atoms with Gasteiger partial charge in [0, 0.05) is 26.1 Å². The van der Waals surface area contributed by atoms with E-state index >= 15 is 0 Å². The summed E-state index contributed by atoms with van der Waals surface area (Å²) in [7, 11) is -0.0905. The van der Waals surface area contributed by atoms with E-state index in [2.05, 4.69) is 53.0 Å². The summed E-state index contributed by atoms with van der Waals surface area (Å²) in [5, 5.41) is 0. The van der Waals surface area contributed by atoms with Crippen LogP contribution in [-0.2, 0) is 4.79 Å². The predicted molar refractivity (Wildman–Crippen MR) is 110 cm³/mol. The van der Waals surface area contributed by atoms with Gasteiger partial charge in [0.15, 0.2) is 11.5 Å². The van der Waals surface area contributed by atoms with Gasteiger partial charge in [0.1, 0.15) is 8.07 Å². The number of fused-ring (bicyclic) bond motifs is 1. The number of benzene rings is 1. The van der Waals surface area contributed by atoms with E-state index in [1.165, 1.54) is 0 Å². The number of anilines is 1. The first-order chi connectivity index (χ1) is 12.1. The summed E-state index contributed by atoms with van der Waals surface area (Å²) in [6.07, 6.45) is 0. The van der Waals surface area contributed by atoms with Gasteiger partial charge < -0.3 is 14.4 Å². The van der Waals surface area contributed by atoms with E-state index in [0.29, 0.717) is 28.1 Å². The van der Waals surface area contributed by atoms with E-state index in [9.17, 15) is 4.79 Å². The van der Waals surface area contributed by atoms with Gasteiger partial charge in [-0.2, -0.15) is 0 Å². The van der Waals surface area contributed by atoms with Gasteiger partial charge in [-0.1, -0.05) is 47.5 Å². The smallest absolute Gasteiger partial charge is 0.231 e. The van der Waals surface area contributed by atoms with Gasteiger partial charge in [0.2, 0.25) is 12.7 Å². The highest BCUT2D eigenvalue weighted by molar-refractivity contribution is 6.90. The number of hydrogen-bond acceptors (Lipinski definition) is 3. The maximum absolute atomic E-state index is 11.9. The van der Waals surface area contributed by atoms with Crippen LogP contribution < -0.4 is 14.4 Å². The Balaban J connectivity index is 2.62. The Labute approximate surface area is 158 Å². The summed E-state index contributed by atoms with van der Waals surface area (Å²) in [5.74, 6) is 4.77. The average molecular weight is 374 g/mol. The Bertz CT molecular complexity index is 722. The Hall–Kier alpha value is -1.93. The minimum atomic E-state index is -1.86. The van der Waals surface area contributed by atoms with Crippen molar-refractivity contribution in [3.63, 3.8) is 0 Å². The number of ether oxygens (including phenoxy) is 2. The molecule has 1 aromatic rings. The van der Waals surface area contributed by atoms with Crippen LogP contribution in [0.4, 0.5) is 5.69 Å². The first-order valence-corrected chi connectivity index (χ1v) is 11.6. The van der Waals surface area contributed by atoms with Crippen molar-refractivity contribution < 1.29 is 14.3 Å². The van der Waals surface area contributed by atoms with Crippen molar-refractivity contribution in [3.05, 3.63) is 17.7 Å². The van der Waals surface area contributed by atoms with Gasteiger partial charge in [0.05, 0.1) is 11.3 Å². The molecule has 0 bridgehead atoms. The summed E-state index contributed by atoms with van der Waals surface area (Å²) in [5.41, 5.74) is 6.99. The van der Waals surface area contributed by atoms with Crippen molar-refractivity contribution in [2.75, 3.05) is 18.7 Å². The summed E-state index contributed by atoms with van der Waals surface area (Å²) in [6.45, 7) is 15.5. The van der Waals surface area contributed by atoms with E-state index in [1.54, 1.807) is 18.9 Å². The second-order valence-corrected chi connectivity index (χ2v) is 13.5. The third-order valence-corrected chi connectivity index (χ3v) is 11.9. The molecule has 0 spiro atoms. The fourth-order valence-corrected chi connectivity index (χ4v) is 9.30. The first kappa shape index (κ1) is 20.4. The number of nitrogens with zero attached hydrogens (tertiary/aromatic N) is 1. The molecule has 1 heterocycles. The van der Waals surface area contributed by atoms with Crippen LogP contribution in [-0.4, -0.2) is 27.8 Å². The molecule has 0 N–H and O–H groups in total. The number of hydrogen-bond donors (Lipinski definition) is 0. The number of rotatable bonds is 4. The van der Waals surface area contributed by atoms with Gasteiger partial charge in [-0.25, -0.2) is 0 Å². The van der Waals surface area contributed by atoms with Crippen molar-refractivity contribution in [2.45, 2.75) is 65.1 Å². The van der Waals surface area contributed by atoms with E-state index < -0.39 is 8.07 Å². The predicted octanol–water partition coefficient (Wildman–Crippen LogP) is 4.97. The van der Waals surface area contributed by atoms with E-state index in [0.717, 1.165) is 11.3 Å². The number of amides is 1. The zero-order chi connectivity index (χ0) is 19.6. The van der Waals surface area contributed by atoms with Crippen LogP contribution in [0.25, 0.3) is 0 Å². The van der Waals surface area contributed by atoms with Crippen LogP contribution in [0, 0.1) is 11.5 Å². The number of carbonyl (C=O) groups excluding carboxylic acids is 1. The largest absolute Gasteiger partial charge is 0.454 e. The molecule has 4 nitrogen and oxygen atoms in total. The molecule has 142 valence electrons. The van der Waals surface area contributed by atoms with Crippen LogP contribution in [0.15, 0.2) is 12.1 Å². The molecule has 0 atom stereocenters.